The second kappa shape index (κ2) is 40.6. The van der Waals surface area contributed by atoms with Crippen molar-refractivity contribution in [1.82, 2.24) is 54.8 Å². The number of aliphatic imine (C=N–C) groups is 1. The summed E-state index contributed by atoms with van der Waals surface area (Å²) in [5.74, 6) is -5.09. The van der Waals surface area contributed by atoms with Crippen molar-refractivity contribution < 1.29 is 139 Å². The van der Waals surface area contributed by atoms with Crippen LogP contribution in [0.4, 0.5) is 17.6 Å². The first-order valence-corrected chi connectivity index (χ1v) is 26.4. The van der Waals surface area contributed by atoms with Gasteiger partial charge in [-0.15, -0.1) is 10.0 Å². The number of pyridine rings is 5. The third-order valence-electron chi connectivity index (χ3n) is 11.1. The molecular weight excluding hydrogens is 1660 g/mol. The van der Waals surface area contributed by atoms with E-state index >= 15 is 0 Å². The number of ketones is 1. The van der Waals surface area contributed by atoms with E-state index in [0.29, 0.717) is 41.2 Å². The van der Waals surface area contributed by atoms with Gasteiger partial charge < -0.3 is 54.7 Å². The maximum Gasteiger partial charge on any atom is 0.197 e. The Balaban J connectivity index is 0.000000290. The van der Waals surface area contributed by atoms with Crippen LogP contribution in [0.15, 0.2) is 235 Å². The Labute approximate surface area is 591 Å². The van der Waals surface area contributed by atoms with Gasteiger partial charge in [0.05, 0.1) is 22.8 Å². The molecule has 0 saturated heterocycles. The molecule has 11 aromatic rings. The SMILES string of the molecule is C1=CC2N=C(c3ncccn3)[N-]C2C=C1.CC(=O)C=C(C)O.Fc1c(F)c(F)c2[n-]c(-c3ccccn3)nc2c1F.O=C([N-]SOOc1ccccc1)c1ccccn1.O=c1cc[n-]c(-c2ccccn2)c1.[Rh].[Rh].[Rh].[Rh].[Rh].c1ccc(-c2nc3ccccc3[n-]2)nc1. The minimum absolute atomic E-state index is 0. The molecule has 13 rings (SSSR count). The van der Waals surface area contributed by atoms with Gasteiger partial charge in [0.1, 0.15) is 11.7 Å². The Kier molecular flexibility index (Phi) is 34.5. The Morgan fingerprint density at radius 3 is 1.74 bits per heavy atom. The third-order valence-corrected chi connectivity index (χ3v) is 11.5. The van der Waals surface area contributed by atoms with E-state index in [1.807, 2.05) is 91.0 Å². The number of halogens is 4. The van der Waals surface area contributed by atoms with E-state index < -0.39 is 40.2 Å². The van der Waals surface area contributed by atoms with Crippen LogP contribution in [0.5, 0.6) is 5.75 Å². The largest absolute Gasteiger partial charge is 0.662 e. The standard InChI is InChI=1S/C12H4F4N3.C12H8N3.C12H10N2O3S.C11H9N4.C10H8N2O.C5H8O2.5Rh/c13-6-7(14)9(16)11-10(8(6)15)18-12(19-11)5-3-1-2-4-17-5;1-2-6-10-9(5-1)14-12(15-10)11-7-3-4-8-13-11;15-12(11-8-4-5-9-13-11)14-18-17-16-10-6-2-1-3-7-10;1-2-5-9-8(4-1)14-11(15-9)10-12-6-3-7-13-10;13-8-4-6-12-10(7-8)9-3-1-2-5-11-9;1-4(6)3-5(2)7;;;;;/h1-4H;1-8H;1-9H,(H,14,15);1-9H;1-7H,(H,12,13);3,6H,1-2H3;;;;;/q2*-1;;-1;;;;;;;/p-2. The van der Waals surface area contributed by atoms with Gasteiger partial charge in [-0.25, -0.2) is 27.5 Å². The van der Waals surface area contributed by atoms with E-state index in [1.54, 1.807) is 85.5 Å². The van der Waals surface area contributed by atoms with Crippen LogP contribution in [0.3, 0.4) is 0 Å². The number of carbonyl (C=O) groups excluding carboxylic acids is 2. The number of imidazole rings is 2. The molecule has 20 nitrogen and oxygen atoms in total. The summed E-state index contributed by atoms with van der Waals surface area (Å²) in [6.45, 7) is 2.85. The molecule has 1 aliphatic carbocycles. The van der Waals surface area contributed by atoms with E-state index in [2.05, 4.69) is 69.9 Å². The summed E-state index contributed by atoms with van der Waals surface area (Å²) in [6, 6.07) is 42.7. The van der Waals surface area contributed by atoms with Crippen LogP contribution in [-0.4, -0.2) is 74.6 Å². The van der Waals surface area contributed by atoms with Crippen LogP contribution >= 0.6 is 12.2 Å². The fourth-order valence-corrected chi connectivity index (χ4v) is 7.62. The number of aliphatic hydroxyl groups is 1. The number of amidine groups is 1. The van der Waals surface area contributed by atoms with Crippen LogP contribution in [-0.2, 0) is 107 Å². The Morgan fingerprint density at radius 2 is 1.17 bits per heavy atom. The topological polar surface area (TPSA) is 276 Å². The van der Waals surface area contributed by atoms with Crippen molar-refractivity contribution in [3.63, 3.8) is 0 Å². The fourth-order valence-electron chi connectivity index (χ4n) is 7.32. The molecule has 1 N–H and O–H groups in total. The fraction of sp³-hybridized carbons (Fsp3) is 0.0645. The Bertz CT molecular complexity index is 4150. The maximum absolute atomic E-state index is 13.5. The van der Waals surface area contributed by atoms with Crippen molar-refractivity contribution >= 4 is 51.8 Å². The number of benzene rings is 3. The number of hydrogen-bond acceptors (Lipinski definition) is 16. The van der Waals surface area contributed by atoms with Gasteiger partial charge in [0.2, 0.25) is 0 Å². The number of aliphatic hydroxyl groups excluding tert-OH is 1. The molecule has 2 atom stereocenters. The summed E-state index contributed by atoms with van der Waals surface area (Å²) in [6.07, 6.45) is 20.5. The first-order chi connectivity index (χ1) is 42.3. The van der Waals surface area contributed by atoms with Crippen LogP contribution < -0.4 is 25.3 Å². The molecule has 1 amide bonds. The van der Waals surface area contributed by atoms with Gasteiger partial charge in [0.15, 0.2) is 40.2 Å². The Morgan fingerprint density at radius 1 is 0.609 bits per heavy atom. The van der Waals surface area contributed by atoms with Gasteiger partial charge in [0.25, 0.3) is 0 Å². The number of aromatic nitrogens is 11. The van der Waals surface area contributed by atoms with Gasteiger partial charge in [0, 0.05) is 157 Å². The molecule has 2 aliphatic rings. The predicted molar refractivity (Wildman–Crippen MR) is 318 cm³/mol. The minimum Gasteiger partial charge on any atom is -0.662 e. The number of fused-ring (bicyclic) bond motifs is 3. The first-order valence-electron chi connectivity index (χ1n) is 25.7. The Hall–Kier alpha value is -8.19. The molecule has 30 heteroatoms. The van der Waals surface area contributed by atoms with Crippen molar-refractivity contribution in [3.05, 3.63) is 280 Å². The predicted octanol–water partition coefficient (Wildman–Crippen LogP) is 11.8. The van der Waals surface area contributed by atoms with Crippen molar-refractivity contribution in [2.75, 3.05) is 0 Å². The molecule has 8 aromatic heterocycles. The van der Waals surface area contributed by atoms with Crippen molar-refractivity contribution in [3.8, 4) is 40.2 Å². The summed E-state index contributed by atoms with van der Waals surface area (Å²) in [7, 11) is 0. The van der Waals surface area contributed by atoms with Gasteiger partial charge in [-0.2, -0.15) is 6.20 Å². The van der Waals surface area contributed by atoms with E-state index in [9.17, 15) is 31.9 Å². The molecule has 0 bridgehead atoms. The summed E-state index contributed by atoms with van der Waals surface area (Å²) in [5.41, 5.74) is 3.13. The molecule has 92 heavy (non-hydrogen) atoms. The third kappa shape index (κ3) is 23.5. The van der Waals surface area contributed by atoms with Crippen molar-refractivity contribution in [1.29, 1.82) is 0 Å². The molecule has 2 unspecified atom stereocenters. The van der Waals surface area contributed by atoms with Gasteiger partial charge >= 0.3 is 0 Å². The molecule has 5 radical (unpaired) electrons. The molecule has 0 fully saturated rings. The van der Waals surface area contributed by atoms with Crippen LogP contribution in [0.2, 0.25) is 0 Å². The average molecular weight is 1700 g/mol. The molecule has 0 saturated carbocycles. The summed E-state index contributed by atoms with van der Waals surface area (Å²) >= 11 is 0.564. The number of para-hydroxylation sites is 3. The molecule has 9 heterocycles. The summed E-state index contributed by atoms with van der Waals surface area (Å²) < 4.78 is 61.3. The average Bonchev–Trinajstić information content (AvgIpc) is 1.62. The molecular formula is C62H45F4N14O6Rh5S-5. The van der Waals surface area contributed by atoms with E-state index in [1.165, 1.54) is 56.7 Å². The van der Waals surface area contributed by atoms with Gasteiger partial charge in [-0.3, -0.25) is 29.5 Å². The van der Waals surface area contributed by atoms with Crippen molar-refractivity contribution in [2.24, 2.45) is 4.99 Å². The second-order valence-corrected chi connectivity index (χ2v) is 18.0. The number of allylic oxidation sites excluding steroid dienone is 4. The summed E-state index contributed by atoms with van der Waals surface area (Å²) in [4.78, 5) is 86.3. The quantitative estimate of drug-likeness (QED) is 0.0114. The second-order valence-electron chi connectivity index (χ2n) is 17.5. The van der Waals surface area contributed by atoms with E-state index in [4.69, 9.17) is 14.3 Å². The number of hydrogen-bond donors (Lipinski definition) is 1. The molecule has 3 aromatic carbocycles. The van der Waals surface area contributed by atoms with Crippen molar-refractivity contribution in [2.45, 2.75) is 25.9 Å². The van der Waals surface area contributed by atoms with Gasteiger partial charge in [-0.05, 0) is 146 Å². The van der Waals surface area contributed by atoms with Crippen LogP contribution in [0.1, 0.15) is 30.2 Å². The van der Waals surface area contributed by atoms with Crippen LogP contribution in [0.25, 0.3) is 66.5 Å². The number of nitrogens with zero attached hydrogens (tertiary/aromatic N) is 14. The normalized spacial score (nSPS) is 12.6. The molecule has 0 spiro atoms. The zero-order chi connectivity index (χ0) is 61.3. The monoisotopic (exact) mass is 1700 g/mol. The number of amides is 1. The first kappa shape index (κ1) is 78.0. The minimum atomic E-state index is -1.91. The smallest absolute Gasteiger partial charge is 0.197 e. The summed E-state index contributed by atoms with van der Waals surface area (Å²) in [5, 5.41) is 12.8. The zero-order valence-corrected chi connectivity index (χ0v) is 56.3. The number of carbonyl (C=O) groups is 2. The van der Waals surface area contributed by atoms with E-state index in [-0.39, 0.29) is 144 Å². The van der Waals surface area contributed by atoms with Gasteiger partial charge in [-0.1, -0.05) is 91.0 Å². The van der Waals surface area contributed by atoms with Crippen LogP contribution in [0, 0.1) is 23.3 Å². The van der Waals surface area contributed by atoms with E-state index in [0.717, 1.165) is 22.4 Å². The number of rotatable bonds is 10. The molecule has 1 aliphatic heterocycles. The molecule has 483 valence electrons. The zero-order valence-electron chi connectivity index (χ0n) is 47.3. The maximum atomic E-state index is 13.5.